The number of amides is 1. The lowest BCUT2D eigenvalue weighted by Crippen LogP contribution is -2.16. The Hall–Kier alpha value is -3.98. The maximum Gasteiger partial charge on any atom is 0.262 e. The van der Waals surface area contributed by atoms with Gasteiger partial charge in [-0.1, -0.05) is 18.2 Å². The second-order valence-corrected chi connectivity index (χ2v) is 8.87. The number of nitrogens with one attached hydrogen (secondary N) is 2. The topological polar surface area (TPSA) is 103 Å². The first kappa shape index (κ1) is 24.7. The molecular formula is C25H26N2O6S. The zero-order chi connectivity index (χ0) is 24.7. The summed E-state index contributed by atoms with van der Waals surface area (Å²) in [5.74, 6) is 1.15. The van der Waals surface area contributed by atoms with Crippen molar-refractivity contribution in [3.8, 4) is 17.2 Å². The summed E-state index contributed by atoms with van der Waals surface area (Å²) in [6.07, 6.45) is 2.94. The van der Waals surface area contributed by atoms with Crippen LogP contribution in [0.2, 0.25) is 0 Å². The number of rotatable bonds is 9. The molecule has 0 aliphatic rings. The van der Waals surface area contributed by atoms with E-state index in [0.717, 1.165) is 0 Å². The molecule has 0 saturated carbocycles. The van der Waals surface area contributed by atoms with E-state index < -0.39 is 15.9 Å². The molecule has 0 aliphatic heterocycles. The van der Waals surface area contributed by atoms with Crippen LogP contribution >= 0.6 is 0 Å². The number of methoxy groups -OCH3 is 3. The highest BCUT2D eigenvalue weighted by Crippen LogP contribution is 2.29. The van der Waals surface area contributed by atoms with Gasteiger partial charge in [0.2, 0.25) is 5.91 Å². The van der Waals surface area contributed by atoms with Gasteiger partial charge in [0.05, 0.1) is 31.9 Å². The molecule has 0 aliphatic carbocycles. The fourth-order valence-electron chi connectivity index (χ4n) is 3.20. The zero-order valence-electron chi connectivity index (χ0n) is 19.3. The third kappa shape index (κ3) is 5.87. The van der Waals surface area contributed by atoms with Crippen molar-refractivity contribution in [1.82, 2.24) is 0 Å². The highest BCUT2D eigenvalue weighted by molar-refractivity contribution is 7.92. The van der Waals surface area contributed by atoms with E-state index in [9.17, 15) is 13.2 Å². The fraction of sp³-hybridized carbons (Fsp3) is 0.160. The molecule has 8 nitrogen and oxygen atoms in total. The van der Waals surface area contributed by atoms with Gasteiger partial charge in [-0.3, -0.25) is 9.52 Å². The molecule has 9 heteroatoms. The van der Waals surface area contributed by atoms with E-state index >= 15 is 0 Å². The number of sulfonamides is 1. The maximum atomic E-state index is 13.0. The van der Waals surface area contributed by atoms with Crippen LogP contribution in [0.15, 0.2) is 71.6 Å². The molecule has 34 heavy (non-hydrogen) atoms. The number of carbonyl (C=O) groups excluding carboxylic acids is 1. The predicted molar refractivity (Wildman–Crippen MR) is 132 cm³/mol. The van der Waals surface area contributed by atoms with Gasteiger partial charge in [0.25, 0.3) is 10.0 Å². The van der Waals surface area contributed by atoms with Gasteiger partial charge < -0.3 is 19.5 Å². The van der Waals surface area contributed by atoms with Gasteiger partial charge in [-0.2, -0.15) is 0 Å². The zero-order valence-corrected chi connectivity index (χ0v) is 20.1. The van der Waals surface area contributed by atoms with Crippen molar-refractivity contribution < 1.29 is 27.4 Å². The van der Waals surface area contributed by atoms with E-state index in [1.165, 1.54) is 26.4 Å². The van der Waals surface area contributed by atoms with Crippen molar-refractivity contribution in [3.63, 3.8) is 0 Å². The van der Waals surface area contributed by atoms with Crippen LogP contribution in [-0.4, -0.2) is 35.7 Å². The minimum atomic E-state index is -3.93. The van der Waals surface area contributed by atoms with Crippen molar-refractivity contribution in [2.75, 3.05) is 31.4 Å². The van der Waals surface area contributed by atoms with Crippen molar-refractivity contribution in [1.29, 1.82) is 0 Å². The summed E-state index contributed by atoms with van der Waals surface area (Å²) < 4.78 is 44.3. The Morgan fingerprint density at radius 2 is 1.62 bits per heavy atom. The number of hydrogen-bond donors (Lipinski definition) is 2. The van der Waals surface area contributed by atoms with Gasteiger partial charge in [-0.05, 0) is 55.0 Å². The van der Waals surface area contributed by atoms with Crippen LogP contribution in [0.1, 0.15) is 11.1 Å². The molecule has 0 atom stereocenters. The number of anilines is 2. The second kappa shape index (κ2) is 10.8. The van der Waals surface area contributed by atoms with E-state index in [0.29, 0.717) is 39.8 Å². The number of benzene rings is 3. The van der Waals surface area contributed by atoms with Crippen LogP contribution in [0.3, 0.4) is 0 Å². The molecule has 2 N–H and O–H groups in total. The molecule has 0 fully saturated rings. The molecule has 0 heterocycles. The highest BCUT2D eigenvalue weighted by atomic mass is 32.2. The Labute approximate surface area is 199 Å². The van der Waals surface area contributed by atoms with Crippen LogP contribution in [0.5, 0.6) is 17.2 Å². The molecule has 0 saturated heterocycles. The minimum absolute atomic E-state index is 0.0389. The van der Waals surface area contributed by atoms with Crippen molar-refractivity contribution in [2.45, 2.75) is 11.8 Å². The van der Waals surface area contributed by atoms with E-state index in [1.807, 2.05) is 0 Å². The number of ether oxygens (including phenoxy) is 3. The molecule has 0 aromatic heterocycles. The first-order chi connectivity index (χ1) is 16.3. The summed E-state index contributed by atoms with van der Waals surface area (Å²) in [4.78, 5) is 12.5. The molecule has 178 valence electrons. The minimum Gasteiger partial charge on any atom is -0.497 e. The third-order valence-electron chi connectivity index (χ3n) is 4.95. The average molecular weight is 483 g/mol. The maximum absolute atomic E-state index is 13.0. The van der Waals surface area contributed by atoms with Gasteiger partial charge in [0, 0.05) is 23.4 Å². The molecule has 3 rings (SSSR count). The largest absolute Gasteiger partial charge is 0.497 e. The molecule has 0 unspecified atom stereocenters. The first-order valence-corrected chi connectivity index (χ1v) is 11.7. The summed E-state index contributed by atoms with van der Waals surface area (Å²) in [6, 6.07) is 16.6. The van der Waals surface area contributed by atoms with Crippen LogP contribution in [0.25, 0.3) is 6.08 Å². The normalized spacial score (nSPS) is 11.2. The average Bonchev–Trinajstić information content (AvgIpc) is 2.83. The van der Waals surface area contributed by atoms with E-state index in [2.05, 4.69) is 10.0 Å². The quantitative estimate of drug-likeness (QED) is 0.436. The van der Waals surface area contributed by atoms with E-state index in [4.69, 9.17) is 14.2 Å². The lowest BCUT2D eigenvalue weighted by atomic mass is 10.1. The summed E-state index contributed by atoms with van der Waals surface area (Å²) in [7, 11) is 0.611. The van der Waals surface area contributed by atoms with Crippen LogP contribution in [-0.2, 0) is 14.8 Å². The Kier molecular flexibility index (Phi) is 7.80. The molecule has 3 aromatic rings. The third-order valence-corrected chi connectivity index (χ3v) is 6.46. The van der Waals surface area contributed by atoms with E-state index in [-0.39, 0.29) is 4.90 Å². The summed E-state index contributed by atoms with van der Waals surface area (Å²) in [6.45, 7) is 1.68. The van der Waals surface area contributed by atoms with Crippen LogP contribution < -0.4 is 24.2 Å². The van der Waals surface area contributed by atoms with Gasteiger partial charge in [0.1, 0.15) is 17.2 Å². The molecule has 1 amide bonds. The standard InChI is InChI=1S/C25H26N2O6S/c1-17-9-12-19(15-24(17)34(29,30)27-21-7-5-6-8-22(21)32-3)26-25(28)14-11-18-10-13-20(31-2)16-23(18)33-4/h5-16,27H,1-4H3,(H,26,28)/b14-11+. The lowest BCUT2D eigenvalue weighted by Gasteiger charge is -2.14. The Morgan fingerprint density at radius 3 is 2.32 bits per heavy atom. The van der Waals surface area contributed by atoms with Gasteiger partial charge in [-0.25, -0.2) is 8.42 Å². The van der Waals surface area contributed by atoms with Crippen molar-refractivity contribution >= 4 is 33.4 Å². The summed E-state index contributed by atoms with van der Waals surface area (Å²) >= 11 is 0. The Bertz CT molecular complexity index is 1320. The molecule has 0 radical (unpaired) electrons. The molecular weight excluding hydrogens is 456 g/mol. The van der Waals surface area contributed by atoms with Crippen molar-refractivity contribution in [3.05, 3.63) is 77.9 Å². The summed E-state index contributed by atoms with van der Waals surface area (Å²) in [5, 5.41) is 2.69. The van der Waals surface area contributed by atoms with E-state index in [1.54, 1.807) is 74.7 Å². The fourth-order valence-corrected chi connectivity index (χ4v) is 4.54. The number of aryl methyl sites for hydroxylation is 1. The number of para-hydroxylation sites is 2. The highest BCUT2D eigenvalue weighted by Gasteiger charge is 2.19. The molecule has 0 spiro atoms. The number of carbonyl (C=O) groups is 1. The first-order valence-electron chi connectivity index (χ1n) is 10.2. The molecule has 3 aromatic carbocycles. The lowest BCUT2D eigenvalue weighted by molar-refractivity contribution is -0.111. The SMILES string of the molecule is COc1ccc(/C=C/C(=O)Nc2ccc(C)c(S(=O)(=O)Nc3ccccc3OC)c2)c(OC)c1. The monoisotopic (exact) mass is 482 g/mol. The van der Waals surface area contributed by atoms with Crippen LogP contribution in [0, 0.1) is 6.92 Å². The Morgan fingerprint density at radius 1 is 0.882 bits per heavy atom. The van der Waals surface area contributed by atoms with Gasteiger partial charge in [0.15, 0.2) is 0 Å². The Balaban J connectivity index is 1.79. The number of hydrogen-bond acceptors (Lipinski definition) is 6. The second-order valence-electron chi connectivity index (χ2n) is 7.22. The van der Waals surface area contributed by atoms with Crippen LogP contribution in [0.4, 0.5) is 11.4 Å². The summed E-state index contributed by atoms with van der Waals surface area (Å²) in [5.41, 5.74) is 1.86. The molecule has 0 bridgehead atoms. The van der Waals surface area contributed by atoms with Crippen molar-refractivity contribution in [2.24, 2.45) is 0 Å². The van der Waals surface area contributed by atoms with Gasteiger partial charge >= 0.3 is 0 Å². The van der Waals surface area contributed by atoms with Gasteiger partial charge in [-0.15, -0.1) is 0 Å². The predicted octanol–water partition coefficient (Wildman–Crippen LogP) is 4.47. The smallest absolute Gasteiger partial charge is 0.262 e.